The minimum absolute atomic E-state index is 0.0481. The van der Waals surface area contributed by atoms with Crippen LogP contribution in [-0.2, 0) is 0 Å². The van der Waals surface area contributed by atoms with Gasteiger partial charge in [-0.15, -0.1) is 0 Å². The van der Waals surface area contributed by atoms with Crippen LogP contribution in [0.2, 0.25) is 5.02 Å². The lowest BCUT2D eigenvalue weighted by Gasteiger charge is -2.15. The van der Waals surface area contributed by atoms with Crippen molar-refractivity contribution < 1.29 is 14.6 Å². The monoisotopic (exact) mass is 230 g/mol. The molecule has 0 fully saturated rings. The van der Waals surface area contributed by atoms with Crippen molar-refractivity contribution in [2.24, 2.45) is 0 Å². The van der Waals surface area contributed by atoms with E-state index in [1.165, 1.54) is 13.2 Å². The molecular formula is C9H11ClN2O3. The van der Waals surface area contributed by atoms with Gasteiger partial charge in [0.05, 0.1) is 12.1 Å². The third kappa shape index (κ3) is 2.30. The molecule has 0 aliphatic heterocycles. The molecule has 15 heavy (non-hydrogen) atoms. The van der Waals surface area contributed by atoms with Gasteiger partial charge in [0.1, 0.15) is 5.56 Å². The number of halogens is 1. The molecule has 0 spiro atoms. The Kier molecular flexibility index (Phi) is 3.36. The Hall–Kier alpha value is -1.49. The van der Waals surface area contributed by atoms with Crippen LogP contribution in [0.3, 0.4) is 0 Å². The topological polar surface area (TPSA) is 62.7 Å². The number of anilines is 1. The standard InChI is InChI=1S/C9H11ClN2O3/c1-12(2)7-6(10)4-5(9(13)14)8(11-7)15-3/h4H,1-3H3,(H,13,14). The van der Waals surface area contributed by atoms with Gasteiger partial charge in [0.25, 0.3) is 0 Å². The highest BCUT2D eigenvalue weighted by Crippen LogP contribution is 2.28. The first-order valence-electron chi connectivity index (χ1n) is 4.12. The van der Waals surface area contributed by atoms with Crippen LogP contribution in [0.25, 0.3) is 0 Å². The quantitative estimate of drug-likeness (QED) is 0.853. The second-order valence-corrected chi connectivity index (χ2v) is 3.46. The van der Waals surface area contributed by atoms with E-state index in [0.717, 1.165) is 0 Å². The number of carboxylic acid groups (broad SMARTS) is 1. The minimum atomic E-state index is -1.12. The lowest BCUT2D eigenvalue weighted by atomic mass is 10.2. The van der Waals surface area contributed by atoms with Crippen molar-refractivity contribution in [3.63, 3.8) is 0 Å². The Bertz CT molecular complexity index is 393. The fourth-order valence-electron chi connectivity index (χ4n) is 1.09. The van der Waals surface area contributed by atoms with E-state index >= 15 is 0 Å². The van der Waals surface area contributed by atoms with E-state index in [-0.39, 0.29) is 16.5 Å². The van der Waals surface area contributed by atoms with Crippen LogP contribution < -0.4 is 9.64 Å². The molecule has 5 nitrogen and oxygen atoms in total. The molecular weight excluding hydrogens is 220 g/mol. The lowest BCUT2D eigenvalue weighted by Crippen LogP contribution is -2.13. The fourth-order valence-corrected chi connectivity index (χ4v) is 1.41. The van der Waals surface area contributed by atoms with E-state index in [1.54, 1.807) is 19.0 Å². The highest BCUT2D eigenvalue weighted by molar-refractivity contribution is 6.33. The van der Waals surface area contributed by atoms with Crippen LogP contribution in [0.4, 0.5) is 5.82 Å². The molecule has 0 amide bonds. The molecule has 0 aliphatic rings. The number of pyridine rings is 1. The molecule has 0 radical (unpaired) electrons. The number of aromatic nitrogens is 1. The Morgan fingerprint density at radius 2 is 2.20 bits per heavy atom. The van der Waals surface area contributed by atoms with Crippen LogP contribution in [-0.4, -0.2) is 37.3 Å². The molecule has 0 aliphatic carbocycles. The van der Waals surface area contributed by atoms with Gasteiger partial charge in [-0.05, 0) is 6.07 Å². The first-order valence-corrected chi connectivity index (χ1v) is 4.50. The van der Waals surface area contributed by atoms with Crippen LogP contribution in [0.15, 0.2) is 6.07 Å². The molecule has 0 unspecified atom stereocenters. The van der Waals surface area contributed by atoms with Crippen LogP contribution in [0.1, 0.15) is 10.4 Å². The van der Waals surface area contributed by atoms with E-state index in [4.69, 9.17) is 21.4 Å². The first kappa shape index (κ1) is 11.6. The molecule has 1 N–H and O–H groups in total. The predicted molar refractivity (Wildman–Crippen MR) is 57.1 cm³/mol. The lowest BCUT2D eigenvalue weighted by molar-refractivity contribution is 0.0692. The molecule has 0 saturated carbocycles. The van der Waals surface area contributed by atoms with Crippen molar-refractivity contribution in [2.75, 3.05) is 26.1 Å². The van der Waals surface area contributed by atoms with Gasteiger partial charge in [-0.25, -0.2) is 4.79 Å². The maximum atomic E-state index is 10.8. The Morgan fingerprint density at radius 3 is 2.60 bits per heavy atom. The normalized spacial score (nSPS) is 9.87. The number of aromatic carboxylic acids is 1. The van der Waals surface area contributed by atoms with Crippen LogP contribution in [0.5, 0.6) is 5.88 Å². The maximum absolute atomic E-state index is 10.8. The molecule has 6 heteroatoms. The average Bonchev–Trinajstić information content (AvgIpc) is 2.16. The number of ether oxygens (including phenoxy) is 1. The summed E-state index contributed by atoms with van der Waals surface area (Å²) in [5.41, 5.74) is -0.0481. The number of hydrogen-bond acceptors (Lipinski definition) is 4. The molecule has 0 aromatic carbocycles. The van der Waals surface area contributed by atoms with E-state index in [0.29, 0.717) is 5.82 Å². The van der Waals surface area contributed by atoms with E-state index < -0.39 is 5.97 Å². The number of carboxylic acids is 1. The summed E-state index contributed by atoms with van der Waals surface area (Å²) in [6.45, 7) is 0. The van der Waals surface area contributed by atoms with Gasteiger partial charge in [0.15, 0.2) is 5.82 Å². The molecule has 0 bridgehead atoms. The summed E-state index contributed by atoms with van der Waals surface area (Å²) in [6.07, 6.45) is 0. The number of carbonyl (C=O) groups is 1. The summed E-state index contributed by atoms with van der Waals surface area (Å²) in [5, 5.41) is 9.13. The van der Waals surface area contributed by atoms with E-state index in [2.05, 4.69) is 4.98 Å². The highest BCUT2D eigenvalue weighted by Gasteiger charge is 2.17. The summed E-state index contributed by atoms with van der Waals surface area (Å²) in [7, 11) is 4.88. The Balaban J connectivity index is 3.35. The zero-order chi connectivity index (χ0) is 11.6. The molecule has 1 aromatic heterocycles. The Labute approximate surface area is 92.2 Å². The summed E-state index contributed by atoms with van der Waals surface area (Å²) >= 11 is 5.87. The van der Waals surface area contributed by atoms with Crippen molar-refractivity contribution in [1.82, 2.24) is 4.98 Å². The van der Waals surface area contributed by atoms with Crippen molar-refractivity contribution in [3.05, 3.63) is 16.7 Å². The summed E-state index contributed by atoms with van der Waals surface area (Å²) in [4.78, 5) is 16.5. The van der Waals surface area contributed by atoms with Gasteiger partial charge in [0.2, 0.25) is 5.88 Å². The van der Waals surface area contributed by atoms with Gasteiger partial charge in [-0.2, -0.15) is 4.98 Å². The van der Waals surface area contributed by atoms with Crippen molar-refractivity contribution in [2.45, 2.75) is 0 Å². The second kappa shape index (κ2) is 4.35. The van der Waals surface area contributed by atoms with Gasteiger partial charge >= 0.3 is 5.97 Å². The van der Waals surface area contributed by atoms with E-state index in [1.807, 2.05) is 0 Å². The summed E-state index contributed by atoms with van der Waals surface area (Å²) in [5.74, 6) is -0.597. The van der Waals surface area contributed by atoms with Gasteiger partial charge in [-0.1, -0.05) is 11.6 Å². The molecule has 0 saturated heterocycles. The third-order valence-corrected chi connectivity index (χ3v) is 2.05. The molecule has 1 heterocycles. The number of rotatable bonds is 3. The zero-order valence-corrected chi connectivity index (χ0v) is 9.37. The van der Waals surface area contributed by atoms with Gasteiger partial charge in [0, 0.05) is 14.1 Å². The van der Waals surface area contributed by atoms with Crippen molar-refractivity contribution >= 4 is 23.4 Å². The number of methoxy groups -OCH3 is 1. The second-order valence-electron chi connectivity index (χ2n) is 3.05. The smallest absolute Gasteiger partial charge is 0.341 e. The molecule has 0 atom stereocenters. The zero-order valence-electron chi connectivity index (χ0n) is 8.61. The minimum Gasteiger partial charge on any atom is -0.480 e. The van der Waals surface area contributed by atoms with Gasteiger partial charge < -0.3 is 14.7 Å². The number of nitrogens with zero attached hydrogens (tertiary/aromatic N) is 2. The SMILES string of the molecule is COc1nc(N(C)C)c(Cl)cc1C(=O)O. The van der Waals surface area contributed by atoms with E-state index in [9.17, 15) is 4.79 Å². The predicted octanol–water partition coefficient (Wildman–Crippen LogP) is 1.51. The van der Waals surface area contributed by atoms with Crippen molar-refractivity contribution in [3.8, 4) is 5.88 Å². The third-order valence-electron chi connectivity index (χ3n) is 1.77. The van der Waals surface area contributed by atoms with Crippen LogP contribution in [0, 0.1) is 0 Å². The summed E-state index contributed by atoms with van der Waals surface area (Å²) in [6, 6.07) is 1.32. The molecule has 1 rings (SSSR count). The average molecular weight is 231 g/mol. The summed E-state index contributed by atoms with van der Waals surface area (Å²) < 4.78 is 4.88. The fraction of sp³-hybridized carbons (Fsp3) is 0.333. The first-order chi connectivity index (χ1) is 6.97. The highest BCUT2D eigenvalue weighted by atomic mass is 35.5. The maximum Gasteiger partial charge on any atom is 0.341 e. The van der Waals surface area contributed by atoms with Gasteiger partial charge in [-0.3, -0.25) is 0 Å². The molecule has 82 valence electrons. The van der Waals surface area contributed by atoms with Crippen LogP contribution >= 0.6 is 11.6 Å². The van der Waals surface area contributed by atoms with Crippen molar-refractivity contribution in [1.29, 1.82) is 0 Å². The Morgan fingerprint density at radius 1 is 1.60 bits per heavy atom. The number of hydrogen-bond donors (Lipinski definition) is 1. The molecule has 1 aromatic rings. The largest absolute Gasteiger partial charge is 0.480 e.